The summed E-state index contributed by atoms with van der Waals surface area (Å²) in [7, 11) is -2.27. The number of benzene rings is 2. The second-order valence-corrected chi connectivity index (χ2v) is 11.1. The SMILES string of the molecule is COc1cccc(C(=O)N(Cc2cnc(S(=O)(=O)Cc3ccc(F)cc3)n2C(C)C)CC(C)C)c1. The summed E-state index contributed by atoms with van der Waals surface area (Å²) in [4.78, 5) is 19.4. The fourth-order valence-electron chi connectivity index (χ4n) is 3.94. The van der Waals surface area contributed by atoms with Crippen LogP contribution >= 0.6 is 0 Å². The van der Waals surface area contributed by atoms with Crippen LogP contribution in [-0.4, -0.2) is 42.4 Å². The van der Waals surface area contributed by atoms with Gasteiger partial charge in [0.2, 0.25) is 15.0 Å². The molecule has 0 radical (unpaired) electrons. The topological polar surface area (TPSA) is 81.5 Å². The van der Waals surface area contributed by atoms with Crippen LogP contribution in [0.2, 0.25) is 0 Å². The van der Waals surface area contributed by atoms with Gasteiger partial charge in [0, 0.05) is 18.2 Å². The first-order valence-corrected chi connectivity index (χ1v) is 13.1. The lowest BCUT2D eigenvalue weighted by Gasteiger charge is -2.26. The average molecular weight is 502 g/mol. The molecule has 188 valence electrons. The maximum atomic E-state index is 13.4. The van der Waals surface area contributed by atoms with Crippen molar-refractivity contribution < 1.29 is 22.3 Å². The molecule has 7 nitrogen and oxygen atoms in total. The van der Waals surface area contributed by atoms with Crippen LogP contribution in [-0.2, 0) is 22.1 Å². The number of halogens is 1. The Bertz CT molecular complexity index is 1270. The van der Waals surface area contributed by atoms with Gasteiger partial charge in [0.1, 0.15) is 11.6 Å². The van der Waals surface area contributed by atoms with Gasteiger partial charge in [-0.1, -0.05) is 32.0 Å². The third kappa shape index (κ3) is 6.48. The minimum Gasteiger partial charge on any atom is -0.497 e. The Morgan fingerprint density at radius 2 is 1.80 bits per heavy atom. The van der Waals surface area contributed by atoms with Crippen LogP contribution in [0.5, 0.6) is 5.75 Å². The van der Waals surface area contributed by atoms with E-state index in [2.05, 4.69) is 4.98 Å². The zero-order valence-electron chi connectivity index (χ0n) is 20.7. The highest BCUT2D eigenvalue weighted by Gasteiger charge is 2.27. The number of methoxy groups -OCH3 is 1. The zero-order chi connectivity index (χ0) is 25.8. The fraction of sp³-hybridized carbons (Fsp3) is 0.385. The third-order valence-corrected chi connectivity index (χ3v) is 7.02. The van der Waals surface area contributed by atoms with Crippen LogP contribution < -0.4 is 4.74 Å². The predicted molar refractivity (Wildman–Crippen MR) is 132 cm³/mol. The van der Waals surface area contributed by atoms with E-state index in [9.17, 15) is 17.6 Å². The molecule has 0 bridgehead atoms. The van der Waals surface area contributed by atoms with Crippen molar-refractivity contribution in [2.75, 3.05) is 13.7 Å². The molecular weight excluding hydrogens is 469 g/mol. The Kier molecular flexibility index (Phi) is 8.32. The monoisotopic (exact) mass is 501 g/mol. The molecule has 0 N–H and O–H groups in total. The molecule has 1 heterocycles. The summed E-state index contributed by atoms with van der Waals surface area (Å²) >= 11 is 0. The largest absolute Gasteiger partial charge is 0.497 e. The van der Waals surface area contributed by atoms with Crippen molar-refractivity contribution in [1.29, 1.82) is 0 Å². The quantitative estimate of drug-likeness (QED) is 0.395. The second kappa shape index (κ2) is 11.0. The minimum atomic E-state index is -3.81. The Morgan fingerprint density at radius 3 is 2.40 bits per heavy atom. The second-order valence-electron chi connectivity index (χ2n) is 9.19. The molecule has 0 spiro atoms. The number of ether oxygens (including phenoxy) is 1. The molecule has 3 aromatic rings. The summed E-state index contributed by atoms with van der Waals surface area (Å²) in [5, 5.41) is -0.0647. The molecule has 0 saturated heterocycles. The number of carbonyl (C=O) groups is 1. The number of amides is 1. The van der Waals surface area contributed by atoms with Gasteiger partial charge in [-0.05, 0) is 55.7 Å². The summed E-state index contributed by atoms with van der Waals surface area (Å²) in [6.45, 7) is 8.47. The van der Waals surface area contributed by atoms with Gasteiger partial charge in [-0.25, -0.2) is 17.8 Å². The highest BCUT2D eigenvalue weighted by atomic mass is 32.2. The summed E-state index contributed by atoms with van der Waals surface area (Å²) in [6, 6.07) is 12.1. The number of hydrogen-bond donors (Lipinski definition) is 0. The van der Waals surface area contributed by atoms with E-state index in [0.717, 1.165) is 0 Å². The van der Waals surface area contributed by atoms with E-state index in [0.29, 0.717) is 29.1 Å². The van der Waals surface area contributed by atoms with Crippen LogP contribution in [0.4, 0.5) is 4.39 Å². The predicted octanol–water partition coefficient (Wildman–Crippen LogP) is 4.88. The maximum absolute atomic E-state index is 13.4. The van der Waals surface area contributed by atoms with Crippen LogP contribution in [0, 0.1) is 11.7 Å². The number of hydrogen-bond acceptors (Lipinski definition) is 5. The van der Waals surface area contributed by atoms with Gasteiger partial charge < -0.3 is 14.2 Å². The van der Waals surface area contributed by atoms with E-state index in [4.69, 9.17) is 4.74 Å². The van der Waals surface area contributed by atoms with Crippen LogP contribution in [0.3, 0.4) is 0 Å². The van der Waals surface area contributed by atoms with Crippen molar-refractivity contribution in [3.8, 4) is 5.75 Å². The van der Waals surface area contributed by atoms with Crippen molar-refractivity contribution in [3.05, 3.63) is 77.4 Å². The maximum Gasteiger partial charge on any atom is 0.254 e. The number of rotatable bonds is 10. The first-order valence-electron chi connectivity index (χ1n) is 11.5. The van der Waals surface area contributed by atoms with Crippen molar-refractivity contribution in [2.24, 2.45) is 5.92 Å². The van der Waals surface area contributed by atoms with Crippen molar-refractivity contribution in [1.82, 2.24) is 14.5 Å². The first kappa shape index (κ1) is 26.4. The highest BCUT2D eigenvalue weighted by molar-refractivity contribution is 7.90. The number of aromatic nitrogens is 2. The van der Waals surface area contributed by atoms with Gasteiger partial charge >= 0.3 is 0 Å². The lowest BCUT2D eigenvalue weighted by atomic mass is 10.1. The molecular formula is C26H32FN3O4S. The van der Waals surface area contributed by atoms with Crippen LogP contribution in [0.25, 0.3) is 0 Å². The van der Waals surface area contributed by atoms with E-state index >= 15 is 0 Å². The van der Waals surface area contributed by atoms with Crippen molar-refractivity contribution >= 4 is 15.7 Å². The molecule has 9 heteroatoms. The lowest BCUT2D eigenvalue weighted by Crippen LogP contribution is -2.34. The van der Waals surface area contributed by atoms with Crippen LogP contribution in [0.1, 0.15) is 55.4 Å². The van der Waals surface area contributed by atoms with Gasteiger partial charge in [-0.15, -0.1) is 0 Å². The molecule has 1 aromatic heterocycles. The first-order chi connectivity index (χ1) is 16.5. The summed E-state index contributed by atoms with van der Waals surface area (Å²) in [5.74, 6) is -0.120. The van der Waals surface area contributed by atoms with Gasteiger partial charge in [0.15, 0.2) is 0 Å². The van der Waals surface area contributed by atoms with Crippen molar-refractivity contribution in [3.63, 3.8) is 0 Å². The highest BCUT2D eigenvalue weighted by Crippen LogP contribution is 2.24. The fourth-order valence-corrected chi connectivity index (χ4v) is 5.54. The summed E-state index contributed by atoms with van der Waals surface area (Å²) in [5.41, 5.74) is 1.58. The summed E-state index contributed by atoms with van der Waals surface area (Å²) in [6.07, 6.45) is 1.52. The summed E-state index contributed by atoms with van der Waals surface area (Å²) < 4.78 is 46.7. The molecule has 0 aliphatic rings. The van der Waals surface area contributed by atoms with Gasteiger partial charge in [-0.3, -0.25) is 4.79 Å². The van der Waals surface area contributed by atoms with Crippen molar-refractivity contribution in [2.45, 2.75) is 51.2 Å². The van der Waals surface area contributed by atoms with E-state index in [1.54, 1.807) is 40.8 Å². The number of imidazole rings is 1. The Morgan fingerprint density at radius 1 is 1.11 bits per heavy atom. The molecule has 0 fully saturated rings. The molecule has 0 saturated carbocycles. The molecule has 0 atom stereocenters. The van der Waals surface area contributed by atoms with Gasteiger partial charge in [0.25, 0.3) is 5.91 Å². The van der Waals surface area contributed by atoms with Crippen LogP contribution in [0.15, 0.2) is 59.9 Å². The Hall–Kier alpha value is -3.20. The minimum absolute atomic E-state index is 0.0647. The van der Waals surface area contributed by atoms with E-state index in [1.165, 1.54) is 30.5 Å². The molecule has 0 aliphatic carbocycles. The number of carbonyl (C=O) groups excluding carboxylic acids is 1. The molecule has 3 rings (SSSR count). The Labute approximate surface area is 206 Å². The van der Waals surface area contributed by atoms with Gasteiger partial charge in [0.05, 0.1) is 31.3 Å². The number of sulfone groups is 1. The molecule has 2 aromatic carbocycles. The van der Waals surface area contributed by atoms with Gasteiger partial charge in [-0.2, -0.15) is 0 Å². The smallest absolute Gasteiger partial charge is 0.254 e. The third-order valence-electron chi connectivity index (χ3n) is 5.45. The molecule has 0 aliphatic heterocycles. The molecule has 35 heavy (non-hydrogen) atoms. The normalized spacial score (nSPS) is 11.8. The average Bonchev–Trinajstić information content (AvgIpc) is 3.24. The zero-order valence-corrected chi connectivity index (χ0v) is 21.5. The Balaban J connectivity index is 1.95. The lowest BCUT2D eigenvalue weighted by molar-refractivity contribution is 0.0717. The molecule has 0 unspecified atom stereocenters. The molecule has 1 amide bonds. The standard InChI is InChI=1S/C26H32FN3O4S/c1-18(2)15-29(25(31)21-7-6-8-24(13-21)34-5)16-23-14-28-26(30(23)19(3)4)35(32,33)17-20-9-11-22(27)12-10-20/h6-14,18-19H,15-17H2,1-5H3. The number of nitrogens with zero attached hydrogens (tertiary/aromatic N) is 3. The van der Waals surface area contributed by atoms with E-state index in [1.807, 2.05) is 27.7 Å². The van der Waals surface area contributed by atoms with E-state index in [-0.39, 0.29) is 35.3 Å². The van der Waals surface area contributed by atoms with E-state index < -0.39 is 15.7 Å².